The van der Waals surface area contributed by atoms with Crippen LogP contribution in [0, 0.1) is 5.82 Å². The van der Waals surface area contributed by atoms with Crippen molar-refractivity contribution in [1.82, 2.24) is 9.97 Å². The van der Waals surface area contributed by atoms with E-state index in [0.29, 0.717) is 17.7 Å². The Hall–Kier alpha value is -1.85. The van der Waals surface area contributed by atoms with Crippen LogP contribution in [0.2, 0.25) is 5.02 Å². The summed E-state index contributed by atoms with van der Waals surface area (Å²) >= 11 is 5.80. The van der Waals surface area contributed by atoms with Gasteiger partial charge in [0, 0.05) is 25.1 Å². The highest BCUT2D eigenvalue weighted by Gasteiger charge is 2.37. The van der Waals surface area contributed by atoms with Crippen molar-refractivity contribution < 1.29 is 13.9 Å². The van der Waals surface area contributed by atoms with Gasteiger partial charge in [-0.3, -0.25) is 9.78 Å². The number of pyridine rings is 2. The van der Waals surface area contributed by atoms with E-state index in [1.54, 1.807) is 6.07 Å². The van der Waals surface area contributed by atoms with Gasteiger partial charge >= 0.3 is 0 Å². The molecule has 0 aromatic carbocycles. The van der Waals surface area contributed by atoms with Crippen molar-refractivity contribution in [2.45, 2.75) is 38.4 Å². The second kappa shape index (κ2) is 5.35. The molecule has 0 saturated carbocycles. The number of rotatable bonds is 2. The van der Waals surface area contributed by atoms with E-state index in [1.165, 1.54) is 19.2 Å². The van der Waals surface area contributed by atoms with Crippen molar-refractivity contribution >= 4 is 17.4 Å². The number of aromatic nitrogens is 2. The normalized spacial score (nSPS) is 22.0. The fraction of sp³-hybridized carbons (Fsp3) is 0.353. The second-order valence-electron chi connectivity index (χ2n) is 5.99. The van der Waals surface area contributed by atoms with Crippen LogP contribution in [0.1, 0.15) is 47.6 Å². The first-order chi connectivity index (χ1) is 11.0. The summed E-state index contributed by atoms with van der Waals surface area (Å²) in [5, 5.41) is 0.240. The Morgan fingerprint density at radius 2 is 2.22 bits per heavy atom. The molecule has 2 aromatic heterocycles. The number of halogens is 2. The van der Waals surface area contributed by atoms with Crippen molar-refractivity contribution in [2.24, 2.45) is 0 Å². The minimum atomic E-state index is -0.501. The molecule has 4 rings (SSSR count). The van der Waals surface area contributed by atoms with Gasteiger partial charge in [-0.25, -0.2) is 9.37 Å². The molecular weight excluding hydrogens is 319 g/mol. The molecule has 0 aliphatic carbocycles. The molecule has 23 heavy (non-hydrogen) atoms. The lowest BCUT2D eigenvalue weighted by molar-refractivity contribution is 0.0295. The molecule has 2 aliphatic heterocycles. The molecule has 2 aromatic rings. The van der Waals surface area contributed by atoms with Gasteiger partial charge in [-0.05, 0) is 30.5 Å². The van der Waals surface area contributed by atoms with Crippen LogP contribution in [0.5, 0.6) is 0 Å². The third kappa shape index (κ3) is 2.44. The topological polar surface area (TPSA) is 52.1 Å². The standard InChI is InChI=1S/C17H14ClFN2O2/c1-8(22)14-6-12(16-13(19)4-9(18)7-20-16)11-5-10-2-3-15(23-10)17(11)21-14/h4,6-7,10,15H,2-3,5H2,1H3/t10-,15+/m1/s1. The Kier molecular flexibility index (Phi) is 3.43. The third-order valence-corrected chi connectivity index (χ3v) is 4.63. The fourth-order valence-electron chi connectivity index (χ4n) is 3.36. The number of ketones is 1. The van der Waals surface area contributed by atoms with Crippen molar-refractivity contribution in [2.75, 3.05) is 0 Å². The summed E-state index contributed by atoms with van der Waals surface area (Å²) in [5.74, 6) is -0.664. The monoisotopic (exact) mass is 332 g/mol. The van der Waals surface area contributed by atoms with Crippen molar-refractivity contribution in [3.05, 3.63) is 46.1 Å². The second-order valence-corrected chi connectivity index (χ2v) is 6.42. The summed E-state index contributed by atoms with van der Waals surface area (Å²) in [6.45, 7) is 1.45. The largest absolute Gasteiger partial charge is 0.368 e. The summed E-state index contributed by atoms with van der Waals surface area (Å²) in [6, 6.07) is 2.86. The smallest absolute Gasteiger partial charge is 0.178 e. The molecule has 0 spiro atoms. The first-order valence-electron chi connectivity index (χ1n) is 7.54. The Balaban J connectivity index is 1.97. The predicted octanol–water partition coefficient (Wildman–Crippen LogP) is 3.91. The summed E-state index contributed by atoms with van der Waals surface area (Å²) < 4.78 is 20.3. The van der Waals surface area contributed by atoms with Gasteiger partial charge in [0.25, 0.3) is 0 Å². The lowest BCUT2D eigenvalue weighted by atomic mass is 9.94. The highest BCUT2D eigenvalue weighted by atomic mass is 35.5. The van der Waals surface area contributed by atoms with Crippen LogP contribution >= 0.6 is 11.6 Å². The van der Waals surface area contributed by atoms with E-state index in [0.717, 1.165) is 24.1 Å². The summed E-state index contributed by atoms with van der Waals surface area (Å²) in [6.07, 6.45) is 3.92. The zero-order chi connectivity index (χ0) is 16.1. The Bertz CT molecular complexity index is 824. The van der Waals surface area contributed by atoms with Gasteiger partial charge in [-0.15, -0.1) is 0 Å². The molecule has 2 bridgehead atoms. The zero-order valence-electron chi connectivity index (χ0n) is 12.5. The van der Waals surface area contributed by atoms with E-state index in [4.69, 9.17) is 16.3 Å². The van der Waals surface area contributed by atoms with Gasteiger partial charge in [-0.2, -0.15) is 0 Å². The maximum absolute atomic E-state index is 14.4. The number of carbonyl (C=O) groups excluding carboxylic acids is 1. The molecule has 4 heterocycles. The minimum absolute atomic E-state index is 0.114. The van der Waals surface area contributed by atoms with Crippen LogP contribution in [0.4, 0.5) is 4.39 Å². The molecule has 4 nitrogen and oxygen atoms in total. The van der Waals surface area contributed by atoms with Gasteiger partial charge < -0.3 is 4.74 Å². The van der Waals surface area contributed by atoms with E-state index in [-0.39, 0.29) is 28.7 Å². The lowest BCUT2D eigenvalue weighted by Crippen LogP contribution is -2.21. The molecule has 1 fully saturated rings. The fourth-order valence-corrected chi connectivity index (χ4v) is 3.51. The molecule has 2 atom stereocenters. The predicted molar refractivity (Wildman–Crippen MR) is 83.0 cm³/mol. The molecule has 2 aliphatic rings. The van der Waals surface area contributed by atoms with Crippen molar-refractivity contribution in [3.63, 3.8) is 0 Å². The molecule has 0 N–H and O–H groups in total. The highest BCUT2D eigenvalue weighted by molar-refractivity contribution is 6.30. The number of hydrogen-bond donors (Lipinski definition) is 0. The van der Waals surface area contributed by atoms with Gasteiger partial charge in [-0.1, -0.05) is 11.6 Å². The van der Waals surface area contributed by atoms with Crippen LogP contribution in [-0.4, -0.2) is 21.9 Å². The molecule has 0 radical (unpaired) electrons. The Morgan fingerprint density at radius 3 is 2.96 bits per heavy atom. The quantitative estimate of drug-likeness (QED) is 0.782. The molecule has 1 saturated heterocycles. The van der Waals surface area contributed by atoms with Crippen LogP contribution < -0.4 is 0 Å². The highest BCUT2D eigenvalue weighted by Crippen LogP contribution is 2.43. The van der Waals surface area contributed by atoms with E-state index in [1.807, 2.05) is 0 Å². The van der Waals surface area contributed by atoms with Crippen LogP contribution in [0.25, 0.3) is 11.3 Å². The average molecular weight is 333 g/mol. The lowest BCUT2D eigenvalue weighted by Gasteiger charge is -2.25. The van der Waals surface area contributed by atoms with E-state index in [9.17, 15) is 9.18 Å². The first-order valence-corrected chi connectivity index (χ1v) is 7.92. The van der Waals surface area contributed by atoms with Crippen LogP contribution in [0.15, 0.2) is 18.3 Å². The zero-order valence-corrected chi connectivity index (χ0v) is 13.2. The van der Waals surface area contributed by atoms with Crippen molar-refractivity contribution in [1.29, 1.82) is 0 Å². The molecule has 0 unspecified atom stereocenters. The maximum Gasteiger partial charge on any atom is 0.178 e. The summed E-state index contributed by atoms with van der Waals surface area (Å²) in [4.78, 5) is 20.4. The SMILES string of the molecule is CC(=O)c1cc(-c2ncc(Cl)cc2F)c2c(n1)[C@@H]1CC[C@H](C2)O1. The van der Waals surface area contributed by atoms with E-state index >= 15 is 0 Å². The van der Waals surface area contributed by atoms with Gasteiger partial charge in [0.1, 0.15) is 17.5 Å². The summed E-state index contributed by atoms with van der Waals surface area (Å²) in [7, 11) is 0. The maximum atomic E-state index is 14.4. The Morgan fingerprint density at radius 1 is 1.39 bits per heavy atom. The average Bonchev–Trinajstić information content (AvgIpc) is 2.89. The van der Waals surface area contributed by atoms with E-state index in [2.05, 4.69) is 9.97 Å². The van der Waals surface area contributed by atoms with Gasteiger partial charge in [0.05, 0.1) is 16.8 Å². The third-order valence-electron chi connectivity index (χ3n) is 4.42. The number of Topliss-reactive ketones (excluding diaryl/α,β-unsaturated/α-hetero) is 1. The number of nitrogens with zero attached hydrogens (tertiary/aromatic N) is 2. The first kappa shape index (κ1) is 14.7. The number of hydrogen-bond acceptors (Lipinski definition) is 4. The minimum Gasteiger partial charge on any atom is -0.368 e. The number of ether oxygens (including phenoxy) is 1. The number of fused-ring (bicyclic) bond motifs is 4. The molecular formula is C17H14ClFN2O2. The molecule has 6 heteroatoms. The molecule has 118 valence electrons. The van der Waals surface area contributed by atoms with Crippen LogP contribution in [-0.2, 0) is 11.2 Å². The van der Waals surface area contributed by atoms with Crippen molar-refractivity contribution in [3.8, 4) is 11.3 Å². The number of carbonyl (C=O) groups is 1. The van der Waals surface area contributed by atoms with Gasteiger partial charge in [0.2, 0.25) is 0 Å². The Labute approximate surface area is 137 Å². The van der Waals surface area contributed by atoms with Gasteiger partial charge in [0.15, 0.2) is 11.6 Å². The van der Waals surface area contributed by atoms with E-state index < -0.39 is 5.82 Å². The van der Waals surface area contributed by atoms with Crippen LogP contribution in [0.3, 0.4) is 0 Å². The summed E-state index contributed by atoms with van der Waals surface area (Å²) in [5.41, 5.74) is 2.82. The molecule has 0 amide bonds.